The van der Waals surface area contributed by atoms with Crippen LogP contribution in [-0.2, 0) is 0 Å². The molecule has 0 aliphatic heterocycles. The summed E-state index contributed by atoms with van der Waals surface area (Å²) in [5.74, 6) is 0.0839. The summed E-state index contributed by atoms with van der Waals surface area (Å²) in [6, 6.07) is 5.96. The molecule has 14 heavy (non-hydrogen) atoms. The lowest BCUT2D eigenvalue weighted by Gasteiger charge is -2.13. The molecule has 0 unspecified atom stereocenters. The molecule has 0 aliphatic rings. The third kappa shape index (κ3) is 2.84. The first kappa shape index (κ1) is 11.2. The number of ketones is 1. The van der Waals surface area contributed by atoms with E-state index < -0.39 is 0 Å². The molecule has 0 saturated heterocycles. The molecule has 0 amide bonds. The molecule has 2 nitrogen and oxygen atoms in total. The van der Waals surface area contributed by atoms with Gasteiger partial charge in [0.05, 0.1) is 0 Å². The predicted octanol–water partition coefficient (Wildman–Crippen LogP) is 3.47. The second kappa shape index (κ2) is 4.60. The molecule has 0 aliphatic carbocycles. The van der Waals surface area contributed by atoms with Gasteiger partial charge in [-0.1, -0.05) is 15.9 Å². The van der Waals surface area contributed by atoms with Gasteiger partial charge >= 0.3 is 0 Å². The van der Waals surface area contributed by atoms with Crippen molar-refractivity contribution in [3.63, 3.8) is 0 Å². The molecule has 3 heteroatoms. The number of carbonyl (C=O) groups is 1. The highest BCUT2D eigenvalue weighted by molar-refractivity contribution is 9.10. The Morgan fingerprint density at radius 3 is 2.57 bits per heavy atom. The van der Waals surface area contributed by atoms with E-state index in [9.17, 15) is 4.79 Å². The number of hydrogen-bond acceptors (Lipinski definition) is 2. The van der Waals surface area contributed by atoms with Gasteiger partial charge in [-0.3, -0.25) is 4.79 Å². The number of benzene rings is 1. The summed E-state index contributed by atoms with van der Waals surface area (Å²) in [4.78, 5) is 11.3. The average molecular weight is 256 g/mol. The molecule has 0 atom stereocenters. The van der Waals surface area contributed by atoms with Crippen LogP contribution >= 0.6 is 15.9 Å². The molecule has 0 saturated carbocycles. The summed E-state index contributed by atoms with van der Waals surface area (Å²) in [6.07, 6.45) is 0. The minimum absolute atomic E-state index is 0.0839. The largest absolute Gasteiger partial charge is 0.382 e. The summed E-state index contributed by atoms with van der Waals surface area (Å²) < 4.78 is 0.977. The lowest BCUT2D eigenvalue weighted by molar-refractivity contribution is 0.101. The van der Waals surface area contributed by atoms with E-state index in [2.05, 4.69) is 21.2 Å². The highest BCUT2D eigenvalue weighted by Gasteiger charge is 2.07. The van der Waals surface area contributed by atoms with Crippen LogP contribution < -0.4 is 5.32 Å². The maximum atomic E-state index is 11.3. The summed E-state index contributed by atoms with van der Waals surface area (Å²) in [5, 5.41) is 3.24. The molecule has 1 aromatic rings. The van der Waals surface area contributed by atoms with Crippen molar-refractivity contribution in [2.75, 3.05) is 5.32 Å². The minimum Gasteiger partial charge on any atom is -0.382 e. The minimum atomic E-state index is 0.0839. The molecule has 0 spiro atoms. The lowest BCUT2D eigenvalue weighted by Crippen LogP contribution is -2.12. The van der Waals surface area contributed by atoms with Gasteiger partial charge in [0, 0.05) is 21.8 Å². The van der Waals surface area contributed by atoms with Crippen LogP contribution in [0.15, 0.2) is 22.7 Å². The summed E-state index contributed by atoms with van der Waals surface area (Å²) in [7, 11) is 0. The van der Waals surface area contributed by atoms with Gasteiger partial charge in [0.2, 0.25) is 0 Å². The van der Waals surface area contributed by atoms with Gasteiger partial charge < -0.3 is 5.32 Å². The van der Waals surface area contributed by atoms with Gasteiger partial charge in [-0.25, -0.2) is 0 Å². The monoisotopic (exact) mass is 255 g/mol. The Hall–Kier alpha value is -0.830. The van der Waals surface area contributed by atoms with E-state index in [-0.39, 0.29) is 5.78 Å². The van der Waals surface area contributed by atoms with Crippen molar-refractivity contribution in [2.24, 2.45) is 0 Å². The van der Waals surface area contributed by atoms with Crippen LogP contribution in [-0.4, -0.2) is 11.8 Å². The van der Waals surface area contributed by atoms with Gasteiger partial charge in [-0.2, -0.15) is 0 Å². The van der Waals surface area contributed by atoms with Crippen molar-refractivity contribution in [1.29, 1.82) is 0 Å². The fraction of sp³-hybridized carbons (Fsp3) is 0.364. The SMILES string of the molecule is CC(=O)c1ccc(Br)cc1NC(C)C. The number of carbonyl (C=O) groups excluding carboxylic acids is 1. The van der Waals surface area contributed by atoms with Crippen LogP contribution in [0.3, 0.4) is 0 Å². The molecule has 0 bridgehead atoms. The van der Waals surface area contributed by atoms with Gasteiger partial charge in [-0.15, -0.1) is 0 Å². The molecular formula is C11H14BrNO. The Morgan fingerprint density at radius 1 is 1.43 bits per heavy atom. The molecule has 1 rings (SSSR count). The van der Waals surface area contributed by atoms with Crippen LogP contribution in [0.2, 0.25) is 0 Å². The summed E-state index contributed by atoms with van der Waals surface area (Å²) in [6.45, 7) is 5.67. The van der Waals surface area contributed by atoms with Gasteiger partial charge in [-0.05, 0) is 39.0 Å². The number of Topliss-reactive ketones (excluding diaryl/α,β-unsaturated/α-hetero) is 1. The number of rotatable bonds is 3. The van der Waals surface area contributed by atoms with Crippen molar-refractivity contribution in [3.05, 3.63) is 28.2 Å². The summed E-state index contributed by atoms with van der Waals surface area (Å²) in [5.41, 5.74) is 1.63. The van der Waals surface area contributed by atoms with Crippen molar-refractivity contribution in [1.82, 2.24) is 0 Å². The number of nitrogens with one attached hydrogen (secondary N) is 1. The molecule has 1 N–H and O–H groups in total. The Balaban J connectivity index is 3.09. The van der Waals surface area contributed by atoms with Crippen LogP contribution in [0.4, 0.5) is 5.69 Å². The van der Waals surface area contributed by atoms with Crippen molar-refractivity contribution in [2.45, 2.75) is 26.8 Å². The standard InChI is InChI=1S/C11H14BrNO/c1-7(2)13-11-6-9(12)4-5-10(11)8(3)14/h4-7,13H,1-3H3. The van der Waals surface area contributed by atoms with E-state index in [1.165, 1.54) is 0 Å². The molecular weight excluding hydrogens is 242 g/mol. The van der Waals surface area contributed by atoms with Gasteiger partial charge in [0.1, 0.15) is 0 Å². The first-order valence-electron chi connectivity index (χ1n) is 4.57. The molecule has 0 fully saturated rings. The molecule has 0 radical (unpaired) electrons. The Kier molecular flexibility index (Phi) is 3.69. The highest BCUT2D eigenvalue weighted by atomic mass is 79.9. The smallest absolute Gasteiger partial charge is 0.161 e. The Bertz CT molecular complexity index is 347. The normalized spacial score (nSPS) is 10.4. The number of halogens is 1. The van der Waals surface area contributed by atoms with E-state index in [0.29, 0.717) is 6.04 Å². The maximum absolute atomic E-state index is 11.3. The first-order valence-corrected chi connectivity index (χ1v) is 5.37. The van der Waals surface area contributed by atoms with E-state index >= 15 is 0 Å². The molecule has 76 valence electrons. The fourth-order valence-corrected chi connectivity index (χ4v) is 1.61. The topological polar surface area (TPSA) is 29.1 Å². The van der Waals surface area contributed by atoms with E-state index in [1.54, 1.807) is 6.92 Å². The van der Waals surface area contributed by atoms with E-state index in [1.807, 2.05) is 32.0 Å². The molecule has 0 aromatic heterocycles. The van der Waals surface area contributed by atoms with Crippen LogP contribution in [0.5, 0.6) is 0 Å². The fourth-order valence-electron chi connectivity index (χ4n) is 1.25. The highest BCUT2D eigenvalue weighted by Crippen LogP contribution is 2.22. The van der Waals surface area contributed by atoms with Crippen LogP contribution in [0.25, 0.3) is 0 Å². The average Bonchev–Trinajstić information content (AvgIpc) is 2.01. The molecule has 1 aromatic carbocycles. The van der Waals surface area contributed by atoms with Crippen molar-refractivity contribution in [3.8, 4) is 0 Å². The molecule has 0 heterocycles. The first-order chi connectivity index (χ1) is 6.50. The zero-order valence-electron chi connectivity index (χ0n) is 8.60. The van der Waals surface area contributed by atoms with Gasteiger partial charge in [0.25, 0.3) is 0 Å². The second-order valence-corrected chi connectivity index (χ2v) is 4.46. The Labute approximate surface area is 92.8 Å². The van der Waals surface area contributed by atoms with Crippen molar-refractivity contribution < 1.29 is 4.79 Å². The quantitative estimate of drug-likeness (QED) is 0.839. The summed E-state index contributed by atoms with van der Waals surface area (Å²) >= 11 is 3.38. The Morgan fingerprint density at radius 2 is 2.07 bits per heavy atom. The second-order valence-electron chi connectivity index (χ2n) is 3.55. The maximum Gasteiger partial charge on any atom is 0.161 e. The van der Waals surface area contributed by atoms with Crippen LogP contribution in [0.1, 0.15) is 31.1 Å². The van der Waals surface area contributed by atoms with E-state index in [0.717, 1.165) is 15.7 Å². The number of hydrogen-bond donors (Lipinski definition) is 1. The van der Waals surface area contributed by atoms with Crippen molar-refractivity contribution >= 4 is 27.4 Å². The third-order valence-electron chi connectivity index (χ3n) is 1.81. The lowest BCUT2D eigenvalue weighted by atomic mass is 10.1. The van der Waals surface area contributed by atoms with Crippen LogP contribution in [0, 0.1) is 0 Å². The zero-order chi connectivity index (χ0) is 10.7. The third-order valence-corrected chi connectivity index (χ3v) is 2.30. The predicted molar refractivity (Wildman–Crippen MR) is 62.9 cm³/mol. The number of anilines is 1. The van der Waals surface area contributed by atoms with E-state index in [4.69, 9.17) is 0 Å². The zero-order valence-corrected chi connectivity index (χ0v) is 10.2. The van der Waals surface area contributed by atoms with Gasteiger partial charge in [0.15, 0.2) is 5.78 Å².